The van der Waals surface area contributed by atoms with Crippen LogP contribution in [0, 0.1) is 0 Å². The largest absolute Gasteiger partial charge is 0.497 e. The molecule has 2 aromatic carbocycles. The van der Waals surface area contributed by atoms with Crippen molar-refractivity contribution in [1.29, 1.82) is 0 Å². The highest BCUT2D eigenvalue weighted by molar-refractivity contribution is 5.96. The Morgan fingerprint density at radius 1 is 1.12 bits per heavy atom. The molecule has 1 aromatic heterocycles. The minimum absolute atomic E-state index is 0.0646. The van der Waals surface area contributed by atoms with E-state index in [4.69, 9.17) is 13.9 Å². The summed E-state index contributed by atoms with van der Waals surface area (Å²) in [6, 6.07) is 12.4. The molecule has 0 saturated heterocycles. The molecule has 0 atom stereocenters. The first kappa shape index (κ1) is 16.8. The number of ether oxygens (including phenoxy) is 2. The summed E-state index contributed by atoms with van der Waals surface area (Å²) in [4.78, 5) is 23.4. The van der Waals surface area contributed by atoms with E-state index in [1.54, 1.807) is 29.9 Å². The van der Waals surface area contributed by atoms with Crippen LogP contribution in [-0.2, 0) is 6.54 Å². The van der Waals surface area contributed by atoms with Gasteiger partial charge in [0.15, 0.2) is 11.4 Å². The Bertz CT molecular complexity index is 937. The quantitative estimate of drug-likeness (QED) is 0.487. The molecule has 0 unspecified atom stereocenters. The summed E-state index contributed by atoms with van der Waals surface area (Å²) in [5.74, 6) is 1.02. The number of carbonyl (C=O) groups excluding carboxylic acids is 1. The number of hydrogen-bond donors (Lipinski definition) is 0. The van der Waals surface area contributed by atoms with Crippen molar-refractivity contribution in [1.82, 2.24) is 4.57 Å². The normalized spacial score (nSPS) is 10.8. The molecular weight excluding hydrogens is 322 g/mol. The van der Waals surface area contributed by atoms with Crippen LogP contribution >= 0.6 is 0 Å². The fraction of sp³-hybridized carbons (Fsp3) is 0.263. The van der Waals surface area contributed by atoms with Gasteiger partial charge in [0.1, 0.15) is 11.5 Å². The van der Waals surface area contributed by atoms with Crippen LogP contribution < -0.4 is 15.2 Å². The molecule has 0 fully saturated rings. The summed E-state index contributed by atoms with van der Waals surface area (Å²) < 4.78 is 17.5. The molecule has 0 radical (unpaired) electrons. The third kappa shape index (κ3) is 3.74. The van der Waals surface area contributed by atoms with Crippen molar-refractivity contribution in [3.8, 4) is 11.5 Å². The first-order valence-electron chi connectivity index (χ1n) is 7.99. The number of Topliss-reactive ketones (excluding diaryl/α,β-unsaturated/α-hetero) is 1. The number of hydrogen-bond acceptors (Lipinski definition) is 5. The van der Waals surface area contributed by atoms with Gasteiger partial charge in [-0.2, -0.15) is 0 Å². The van der Waals surface area contributed by atoms with Crippen molar-refractivity contribution >= 4 is 16.9 Å². The van der Waals surface area contributed by atoms with E-state index >= 15 is 0 Å². The lowest BCUT2D eigenvalue weighted by Gasteiger charge is -2.07. The third-order valence-electron chi connectivity index (χ3n) is 3.93. The van der Waals surface area contributed by atoms with Crippen LogP contribution in [0.1, 0.15) is 23.7 Å². The fourth-order valence-corrected chi connectivity index (χ4v) is 2.58. The number of methoxy groups -OCH3 is 1. The average molecular weight is 341 g/mol. The second-order valence-electron chi connectivity index (χ2n) is 5.64. The maximum Gasteiger partial charge on any atom is 0.419 e. The zero-order valence-corrected chi connectivity index (χ0v) is 14.2. The molecule has 25 heavy (non-hydrogen) atoms. The molecular formula is C19H19NO5. The number of oxazole rings is 1. The van der Waals surface area contributed by atoms with Gasteiger partial charge in [-0.25, -0.2) is 4.79 Å². The Kier molecular flexibility index (Phi) is 4.88. The molecule has 6 nitrogen and oxygen atoms in total. The molecule has 0 N–H and O–H groups in total. The molecule has 0 aliphatic carbocycles. The Morgan fingerprint density at radius 2 is 1.84 bits per heavy atom. The van der Waals surface area contributed by atoms with Crippen LogP contribution in [0.3, 0.4) is 0 Å². The lowest BCUT2D eigenvalue weighted by atomic mass is 10.1. The van der Waals surface area contributed by atoms with Gasteiger partial charge < -0.3 is 13.9 Å². The molecule has 0 aliphatic rings. The maximum atomic E-state index is 12.0. The third-order valence-corrected chi connectivity index (χ3v) is 3.93. The number of benzene rings is 2. The van der Waals surface area contributed by atoms with Gasteiger partial charge in [0.05, 0.1) is 19.2 Å². The van der Waals surface area contributed by atoms with Crippen LogP contribution in [0.15, 0.2) is 51.7 Å². The Hall–Kier alpha value is -3.02. The molecule has 130 valence electrons. The maximum absolute atomic E-state index is 12.0. The van der Waals surface area contributed by atoms with Crippen LogP contribution in [0.2, 0.25) is 0 Å². The van der Waals surface area contributed by atoms with E-state index in [1.807, 2.05) is 24.3 Å². The SMILES string of the molecule is COc1ccc(OCCCn2c(=O)oc3cc(C(C)=O)ccc32)cc1. The summed E-state index contributed by atoms with van der Waals surface area (Å²) in [5.41, 5.74) is 1.63. The minimum atomic E-state index is -0.430. The highest BCUT2D eigenvalue weighted by atomic mass is 16.5. The van der Waals surface area contributed by atoms with Gasteiger partial charge in [0.2, 0.25) is 0 Å². The van der Waals surface area contributed by atoms with Crippen LogP contribution in [0.5, 0.6) is 11.5 Å². The van der Waals surface area contributed by atoms with Gasteiger partial charge >= 0.3 is 5.76 Å². The number of aromatic nitrogens is 1. The van der Waals surface area contributed by atoms with E-state index in [0.717, 1.165) is 11.5 Å². The topological polar surface area (TPSA) is 70.7 Å². The minimum Gasteiger partial charge on any atom is -0.497 e. The lowest BCUT2D eigenvalue weighted by molar-refractivity contribution is 0.101. The monoisotopic (exact) mass is 341 g/mol. The first-order chi connectivity index (χ1) is 12.1. The van der Waals surface area contributed by atoms with Crippen LogP contribution in [0.4, 0.5) is 0 Å². The standard InChI is InChI=1S/C19H19NO5/c1-13(21)14-4-9-17-18(12-14)25-19(22)20(17)10-3-11-24-16-7-5-15(23-2)6-8-16/h4-9,12H,3,10-11H2,1-2H3. The zero-order valence-electron chi connectivity index (χ0n) is 14.2. The van der Waals surface area contributed by atoms with E-state index < -0.39 is 5.76 Å². The molecule has 3 aromatic rings. The average Bonchev–Trinajstić information content (AvgIpc) is 2.93. The van der Waals surface area contributed by atoms with E-state index in [-0.39, 0.29) is 5.78 Å². The predicted molar refractivity (Wildman–Crippen MR) is 93.6 cm³/mol. The molecule has 0 saturated carbocycles. The fourth-order valence-electron chi connectivity index (χ4n) is 2.58. The second-order valence-corrected chi connectivity index (χ2v) is 5.64. The molecule has 6 heteroatoms. The highest BCUT2D eigenvalue weighted by Gasteiger charge is 2.11. The van der Waals surface area contributed by atoms with E-state index in [9.17, 15) is 9.59 Å². The van der Waals surface area contributed by atoms with Crippen molar-refractivity contribution in [3.05, 3.63) is 58.6 Å². The number of rotatable bonds is 7. The van der Waals surface area contributed by atoms with Gasteiger partial charge in [-0.1, -0.05) is 0 Å². The summed E-state index contributed by atoms with van der Waals surface area (Å²) >= 11 is 0. The number of ketones is 1. The summed E-state index contributed by atoms with van der Waals surface area (Å²) in [5, 5.41) is 0. The van der Waals surface area contributed by atoms with Crippen LogP contribution in [0.25, 0.3) is 11.1 Å². The van der Waals surface area contributed by atoms with Gasteiger partial charge in [0.25, 0.3) is 0 Å². The summed E-state index contributed by atoms with van der Waals surface area (Å²) in [6.07, 6.45) is 0.648. The zero-order chi connectivity index (χ0) is 17.8. The lowest BCUT2D eigenvalue weighted by Crippen LogP contribution is -2.15. The molecule has 0 aliphatic heterocycles. The van der Waals surface area contributed by atoms with E-state index in [0.29, 0.717) is 36.2 Å². The molecule has 1 heterocycles. The van der Waals surface area contributed by atoms with Gasteiger partial charge in [-0.15, -0.1) is 0 Å². The number of aryl methyl sites for hydroxylation is 1. The number of carbonyl (C=O) groups is 1. The number of fused-ring (bicyclic) bond motifs is 1. The Labute approximate surface area is 144 Å². The van der Waals surface area contributed by atoms with Crippen molar-refractivity contribution in [2.24, 2.45) is 0 Å². The first-order valence-corrected chi connectivity index (χ1v) is 7.99. The van der Waals surface area contributed by atoms with Gasteiger partial charge in [-0.05, 0) is 55.8 Å². The Morgan fingerprint density at radius 3 is 2.52 bits per heavy atom. The second kappa shape index (κ2) is 7.25. The highest BCUT2D eigenvalue weighted by Crippen LogP contribution is 2.18. The van der Waals surface area contributed by atoms with E-state index in [1.165, 1.54) is 6.92 Å². The molecule has 0 amide bonds. The summed E-state index contributed by atoms with van der Waals surface area (Å²) in [7, 11) is 1.61. The smallest absolute Gasteiger partial charge is 0.419 e. The van der Waals surface area contributed by atoms with Gasteiger partial charge in [0, 0.05) is 12.1 Å². The van der Waals surface area contributed by atoms with Crippen molar-refractivity contribution in [3.63, 3.8) is 0 Å². The molecule has 3 rings (SSSR count). The van der Waals surface area contributed by atoms with Crippen molar-refractivity contribution < 1.29 is 18.7 Å². The Balaban J connectivity index is 1.63. The van der Waals surface area contributed by atoms with Gasteiger partial charge in [-0.3, -0.25) is 9.36 Å². The molecule has 0 spiro atoms. The van der Waals surface area contributed by atoms with Crippen molar-refractivity contribution in [2.45, 2.75) is 19.9 Å². The van der Waals surface area contributed by atoms with E-state index in [2.05, 4.69) is 0 Å². The predicted octanol–water partition coefficient (Wildman–Crippen LogP) is 3.27. The summed E-state index contributed by atoms with van der Waals surface area (Å²) in [6.45, 7) is 2.42. The van der Waals surface area contributed by atoms with Crippen LogP contribution in [-0.4, -0.2) is 24.1 Å². The van der Waals surface area contributed by atoms with Crippen molar-refractivity contribution in [2.75, 3.05) is 13.7 Å². The number of nitrogens with zero attached hydrogens (tertiary/aromatic N) is 1. The molecule has 0 bridgehead atoms.